The molecular weight excluding hydrogens is 259 g/mol. The Morgan fingerprint density at radius 1 is 1.18 bits per heavy atom. The summed E-state index contributed by atoms with van der Waals surface area (Å²) in [6.07, 6.45) is 1.54. The Labute approximate surface area is 109 Å². The highest BCUT2D eigenvalue weighted by atomic mass is 35.5. The molecule has 0 saturated heterocycles. The van der Waals surface area contributed by atoms with Gasteiger partial charge in [0.2, 0.25) is 5.88 Å². The van der Waals surface area contributed by atoms with Crippen molar-refractivity contribution in [3.63, 3.8) is 0 Å². The first kappa shape index (κ1) is 12.0. The van der Waals surface area contributed by atoms with Gasteiger partial charge < -0.3 is 10.5 Å². The van der Waals surface area contributed by atoms with Crippen LogP contribution < -0.4 is 10.5 Å². The quantitative estimate of drug-likeness (QED) is 0.905. The minimum Gasteiger partial charge on any atom is -0.481 e. The number of halogens is 2. The van der Waals surface area contributed by atoms with E-state index in [1.54, 1.807) is 31.5 Å². The molecule has 0 fully saturated rings. The maximum Gasteiger partial charge on any atom is 0.221 e. The molecule has 1 aromatic heterocycles. The van der Waals surface area contributed by atoms with Crippen LogP contribution in [0.25, 0.3) is 11.1 Å². The molecule has 0 saturated carbocycles. The highest BCUT2D eigenvalue weighted by molar-refractivity contribution is 6.42. The van der Waals surface area contributed by atoms with Gasteiger partial charge in [-0.15, -0.1) is 0 Å². The molecule has 0 amide bonds. The summed E-state index contributed by atoms with van der Waals surface area (Å²) in [6, 6.07) is 7.10. The van der Waals surface area contributed by atoms with E-state index in [-0.39, 0.29) is 0 Å². The van der Waals surface area contributed by atoms with Gasteiger partial charge in [0.05, 0.1) is 29.0 Å². The molecule has 0 aliphatic carbocycles. The third-order valence-electron chi connectivity index (χ3n) is 2.30. The number of methoxy groups -OCH3 is 1. The molecule has 0 aliphatic rings. The van der Waals surface area contributed by atoms with E-state index in [0.29, 0.717) is 21.6 Å². The van der Waals surface area contributed by atoms with E-state index in [0.717, 1.165) is 11.1 Å². The van der Waals surface area contributed by atoms with Crippen molar-refractivity contribution in [3.05, 3.63) is 40.5 Å². The van der Waals surface area contributed by atoms with Crippen LogP contribution in [-0.4, -0.2) is 12.1 Å². The van der Waals surface area contributed by atoms with Crippen molar-refractivity contribution in [2.24, 2.45) is 0 Å². The number of pyridine rings is 1. The number of hydrogen-bond acceptors (Lipinski definition) is 3. The number of hydrogen-bond donors (Lipinski definition) is 1. The van der Waals surface area contributed by atoms with Crippen molar-refractivity contribution in [1.82, 2.24) is 4.98 Å². The summed E-state index contributed by atoms with van der Waals surface area (Å²) in [6.45, 7) is 0. The van der Waals surface area contributed by atoms with Crippen LogP contribution in [0.1, 0.15) is 0 Å². The molecule has 2 rings (SSSR count). The number of aromatic nitrogens is 1. The lowest BCUT2D eigenvalue weighted by molar-refractivity contribution is 0.400. The zero-order valence-corrected chi connectivity index (χ0v) is 10.6. The Kier molecular flexibility index (Phi) is 3.41. The van der Waals surface area contributed by atoms with Crippen LogP contribution in [0, 0.1) is 0 Å². The summed E-state index contributed by atoms with van der Waals surface area (Å²) in [5, 5.41) is 0.986. The molecule has 0 aliphatic heterocycles. The molecule has 0 atom stereocenters. The molecule has 0 spiro atoms. The second kappa shape index (κ2) is 4.82. The van der Waals surface area contributed by atoms with Gasteiger partial charge in [-0.05, 0) is 23.8 Å². The first-order chi connectivity index (χ1) is 8.11. The Bertz CT molecular complexity index is 558. The Hall–Kier alpha value is -1.45. The zero-order chi connectivity index (χ0) is 12.4. The number of rotatable bonds is 2. The number of anilines is 1. The number of nitrogens with two attached hydrogens (primary N) is 1. The minimum absolute atomic E-state index is 0.480. The summed E-state index contributed by atoms with van der Waals surface area (Å²) >= 11 is 11.8. The van der Waals surface area contributed by atoms with Crippen LogP contribution in [0.2, 0.25) is 10.0 Å². The van der Waals surface area contributed by atoms with Gasteiger partial charge in [-0.1, -0.05) is 29.3 Å². The number of nitrogens with zero attached hydrogens (tertiary/aromatic N) is 1. The first-order valence-electron chi connectivity index (χ1n) is 4.86. The van der Waals surface area contributed by atoms with Gasteiger partial charge in [0.1, 0.15) is 0 Å². The molecule has 1 heterocycles. The molecule has 3 nitrogen and oxygen atoms in total. The fourth-order valence-corrected chi connectivity index (χ4v) is 1.80. The van der Waals surface area contributed by atoms with Crippen LogP contribution in [0.4, 0.5) is 5.69 Å². The van der Waals surface area contributed by atoms with Crippen molar-refractivity contribution in [1.29, 1.82) is 0 Å². The van der Waals surface area contributed by atoms with E-state index in [4.69, 9.17) is 33.7 Å². The molecule has 0 unspecified atom stereocenters. The Morgan fingerprint density at radius 2 is 1.94 bits per heavy atom. The lowest BCUT2D eigenvalue weighted by Crippen LogP contribution is -1.94. The van der Waals surface area contributed by atoms with Gasteiger partial charge >= 0.3 is 0 Å². The van der Waals surface area contributed by atoms with Gasteiger partial charge in [-0.2, -0.15) is 0 Å². The van der Waals surface area contributed by atoms with Crippen LogP contribution in [0.15, 0.2) is 30.5 Å². The van der Waals surface area contributed by atoms with Crippen molar-refractivity contribution >= 4 is 28.9 Å². The molecule has 1 aromatic carbocycles. The topological polar surface area (TPSA) is 48.1 Å². The van der Waals surface area contributed by atoms with Crippen molar-refractivity contribution < 1.29 is 4.74 Å². The maximum absolute atomic E-state index is 5.97. The second-order valence-electron chi connectivity index (χ2n) is 3.45. The molecule has 5 heteroatoms. The molecule has 17 heavy (non-hydrogen) atoms. The highest BCUT2D eigenvalue weighted by Gasteiger charge is 2.09. The Morgan fingerprint density at radius 3 is 2.59 bits per heavy atom. The van der Waals surface area contributed by atoms with Crippen LogP contribution in [-0.2, 0) is 0 Å². The van der Waals surface area contributed by atoms with E-state index in [2.05, 4.69) is 4.98 Å². The molecule has 2 aromatic rings. The fourth-order valence-electron chi connectivity index (χ4n) is 1.50. The van der Waals surface area contributed by atoms with Gasteiger partial charge in [-0.25, -0.2) is 4.98 Å². The van der Waals surface area contributed by atoms with E-state index in [1.807, 2.05) is 6.07 Å². The minimum atomic E-state index is 0.480. The average molecular weight is 269 g/mol. The predicted molar refractivity (Wildman–Crippen MR) is 70.7 cm³/mol. The monoisotopic (exact) mass is 268 g/mol. The van der Waals surface area contributed by atoms with E-state index < -0.39 is 0 Å². The first-order valence-corrected chi connectivity index (χ1v) is 5.62. The third-order valence-corrected chi connectivity index (χ3v) is 3.04. The summed E-state index contributed by atoms with van der Waals surface area (Å²) in [7, 11) is 1.56. The fraction of sp³-hybridized carbons (Fsp3) is 0.0833. The summed E-state index contributed by atoms with van der Waals surface area (Å²) in [5.74, 6) is 0.498. The molecule has 88 valence electrons. The van der Waals surface area contributed by atoms with Gasteiger partial charge in [0.25, 0.3) is 0 Å². The molecule has 2 N–H and O–H groups in total. The number of benzene rings is 1. The predicted octanol–water partition coefficient (Wildman–Crippen LogP) is 3.65. The van der Waals surface area contributed by atoms with Crippen LogP contribution in [0.3, 0.4) is 0 Å². The SMILES string of the molecule is COc1ncc(N)cc1-c1ccc(Cl)c(Cl)c1. The number of ether oxygens (including phenoxy) is 1. The standard InChI is InChI=1S/C12H10Cl2N2O/c1-17-12-9(5-8(15)6-16-12)7-2-3-10(13)11(14)4-7/h2-6H,15H2,1H3. The van der Waals surface area contributed by atoms with E-state index in [1.165, 1.54) is 0 Å². The van der Waals surface area contributed by atoms with Crippen LogP contribution in [0.5, 0.6) is 5.88 Å². The maximum atomic E-state index is 5.97. The van der Waals surface area contributed by atoms with Gasteiger partial charge in [0.15, 0.2) is 0 Å². The van der Waals surface area contributed by atoms with Gasteiger partial charge in [-0.3, -0.25) is 0 Å². The summed E-state index contributed by atoms with van der Waals surface area (Å²) < 4.78 is 5.18. The summed E-state index contributed by atoms with van der Waals surface area (Å²) in [5.41, 5.74) is 7.91. The lowest BCUT2D eigenvalue weighted by Gasteiger charge is -2.09. The smallest absolute Gasteiger partial charge is 0.221 e. The largest absolute Gasteiger partial charge is 0.481 e. The summed E-state index contributed by atoms with van der Waals surface area (Å²) in [4.78, 5) is 4.10. The number of nitrogen functional groups attached to an aromatic ring is 1. The van der Waals surface area contributed by atoms with E-state index >= 15 is 0 Å². The molecule has 0 radical (unpaired) electrons. The Balaban J connectivity index is 2.58. The molecule has 0 bridgehead atoms. The normalized spacial score (nSPS) is 10.3. The second-order valence-corrected chi connectivity index (χ2v) is 4.27. The van der Waals surface area contributed by atoms with Crippen LogP contribution >= 0.6 is 23.2 Å². The van der Waals surface area contributed by atoms with E-state index in [9.17, 15) is 0 Å². The van der Waals surface area contributed by atoms with Crippen molar-refractivity contribution in [3.8, 4) is 17.0 Å². The highest BCUT2D eigenvalue weighted by Crippen LogP contribution is 2.33. The van der Waals surface area contributed by atoms with Crippen molar-refractivity contribution in [2.75, 3.05) is 12.8 Å². The van der Waals surface area contributed by atoms with Gasteiger partial charge in [0, 0.05) is 5.56 Å². The average Bonchev–Trinajstić information content (AvgIpc) is 2.32. The zero-order valence-electron chi connectivity index (χ0n) is 9.08. The van der Waals surface area contributed by atoms with Crippen molar-refractivity contribution in [2.45, 2.75) is 0 Å². The lowest BCUT2D eigenvalue weighted by atomic mass is 10.1. The molecular formula is C12H10Cl2N2O. The third kappa shape index (κ3) is 2.46.